The van der Waals surface area contributed by atoms with E-state index in [0.717, 1.165) is 6.42 Å². The van der Waals surface area contributed by atoms with Crippen LogP contribution in [-0.2, 0) is 19.6 Å². The van der Waals surface area contributed by atoms with Crippen molar-refractivity contribution in [3.05, 3.63) is 0 Å². The van der Waals surface area contributed by atoms with Gasteiger partial charge in [-0.15, -0.1) is 0 Å². The van der Waals surface area contributed by atoms with E-state index in [1.807, 2.05) is 0 Å². The van der Waals surface area contributed by atoms with Gasteiger partial charge in [0.15, 0.2) is 0 Å². The summed E-state index contributed by atoms with van der Waals surface area (Å²) in [5.41, 5.74) is 0. The molecule has 0 aliphatic carbocycles. The molecule has 120 valence electrons. The number of methoxy groups -OCH3 is 1. The lowest BCUT2D eigenvalue weighted by Gasteiger charge is -2.22. The van der Waals surface area contributed by atoms with E-state index in [9.17, 15) is 23.4 Å². The second-order valence-electron chi connectivity index (χ2n) is 4.81. The van der Waals surface area contributed by atoms with Gasteiger partial charge in [-0.2, -0.15) is 8.42 Å². The van der Waals surface area contributed by atoms with Crippen molar-refractivity contribution in [2.75, 3.05) is 7.11 Å². The highest BCUT2D eigenvalue weighted by Crippen LogP contribution is 2.17. The first-order chi connectivity index (χ1) is 9.20. The van der Waals surface area contributed by atoms with Gasteiger partial charge >= 0.3 is 5.97 Å². The van der Waals surface area contributed by atoms with Crippen molar-refractivity contribution in [3.8, 4) is 0 Å². The van der Waals surface area contributed by atoms with Crippen LogP contribution in [0.1, 0.15) is 45.4 Å². The molecule has 0 heterocycles. The topological polar surface area (TPSA) is 121 Å². The van der Waals surface area contributed by atoms with E-state index in [2.05, 4.69) is 4.74 Å². The molecule has 0 aromatic heterocycles. The fraction of sp³-hybridized carbons (Fsp3) is 0.917. The Bertz CT molecular complexity index is 377. The molecular formula is C12H24O7S. The number of rotatable bonds is 10. The summed E-state index contributed by atoms with van der Waals surface area (Å²) in [4.78, 5) is 10.9. The quantitative estimate of drug-likeness (QED) is 0.305. The zero-order valence-corrected chi connectivity index (χ0v) is 12.7. The van der Waals surface area contributed by atoms with Crippen molar-refractivity contribution in [1.82, 2.24) is 0 Å². The summed E-state index contributed by atoms with van der Waals surface area (Å²) in [5.74, 6) is -0.287. The highest BCUT2D eigenvalue weighted by atomic mass is 32.2. The summed E-state index contributed by atoms with van der Waals surface area (Å²) in [6, 6.07) is 0. The van der Waals surface area contributed by atoms with E-state index in [4.69, 9.17) is 4.55 Å². The monoisotopic (exact) mass is 312 g/mol. The summed E-state index contributed by atoms with van der Waals surface area (Å²) in [6.45, 7) is 1.26. The molecule has 0 aliphatic rings. The Morgan fingerprint density at radius 3 is 2.15 bits per heavy atom. The summed E-state index contributed by atoms with van der Waals surface area (Å²) in [7, 11) is -3.09. The molecule has 20 heavy (non-hydrogen) atoms. The Labute approximate surface area is 119 Å². The molecule has 0 radical (unpaired) electrons. The van der Waals surface area contributed by atoms with Crippen LogP contribution in [0.25, 0.3) is 0 Å². The van der Waals surface area contributed by atoms with Crippen LogP contribution in [0.15, 0.2) is 0 Å². The normalized spacial score (nSPS) is 16.4. The molecule has 3 N–H and O–H groups in total. The third-order valence-corrected chi connectivity index (χ3v) is 4.38. The average molecular weight is 312 g/mol. The lowest BCUT2D eigenvalue weighted by molar-refractivity contribution is -0.140. The maximum absolute atomic E-state index is 11.1. The number of ether oxygens (including phenoxy) is 1. The molecule has 0 saturated heterocycles. The van der Waals surface area contributed by atoms with Crippen molar-refractivity contribution < 1.29 is 32.7 Å². The second kappa shape index (κ2) is 9.28. The maximum Gasteiger partial charge on any atom is 0.305 e. The molecule has 3 atom stereocenters. The van der Waals surface area contributed by atoms with Gasteiger partial charge in [0.2, 0.25) is 0 Å². The van der Waals surface area contributed by atoms with Crippen LogP contribution in [0.3, 0.4) is 0 Å². The van der Waals surface area contributed by atoms with E-state index in [1.165, 1.54) is 14.0 Å². The van der Waals surface area contributed by atoms with Crippen molar-refractivity contribution >= 4 is 16.1 Å². The minimum absolute atomic E-state index is 0.0587. The van der Waals surface area contributed by atoms with Crippen molar-refractivity contribution in [2.45, 2.75) is 62.9 Å². The molecule has 8 heteroatoms. The number of carbonyl (C=O) groups is 1. The molecular weight excluding hydrogens is 288 g/mol. The fourth-order valence-corrected chi connectivity index (χ4v) is 2.92. The molecule has 0 rings (SSSR count). The van der Waals surface area contributed by atoms with Gasteiger partial charge in [-0.1, -0.05) is 19.3 Å². The molecule has 0 aromatic carbocycles. The summed E-state index contributed by atoms with van der Waals surface area (Å²) in [6.07, 6.45) is 0.115. The lowest BCUT2D eigenvalue weighted by atomic mass is 10.0. The molecule has 0 aromatic rings. The van der Waals surface area contributed by atoms with Crippen molar-refractivity contribution in [2.24, 2.45) is 0 Å². The zero-order valence-electron chi connectivity index (χ0n) is 11.9. The minimum atomic E-state index is -4.40. The lowest BCUT2D eigenvalue weighted by Crippen LogP contribution is -2.40. The van der Waals surface area contributed by atoms with Crippen LogP contribution in [0, 0.1) is 0 Å². The Hall–Kier alpha value is -0.700. The van der Waals surface area contributed by atoms with Crippen molar-refractivity contribution in [1.29, 1.82) is 0 Å². The first-order valence-electron chi connectivity index (χ1n) is 6.59. The van der Waals surface area contributed by atoms with Crippen LogP contribution in [0.2, 0.25) is 0 Å². The third kappa shape index (κ3) is 7.78. The molecule has 3 unspecified atom stereocenters. The number of esters is 1. The van der Waals surface area contributed by atoms with Gasteiger partial charge in [0, 0.05) is 6.42 Å². The molecule has 0 aliphatic heterocycles. The van der Waals surface area contributed by atoms with Crippen LogP contribution in [0.4, 0.5) is 0 Å². The Morgan fingerprint density at radius 2 is 1.70 bits per heavy atom. The first kappa shape index (κ1) is 19.3. The summed E-state index contributed by atoms with van der Waals surface area (Å²) >= 11 is 0. The van der Waals surface area contributed by atoms with E-state index < -0.39 is 27.6 Å². The van der Waals surface area contributed by atoms with Gasteiger partial charge in [-0.05, 0) is 19.8 Å². The molecule has 0 amide bonds. The predicted octanol–water partition coefficient (Wildman–Crippen LogP) is 0.498. The zero-order chi connectivity index (χ0) is 15.8. The summed E-state index contributed by atoms with van der Waals surface area (Å²) in [5, 5.41) is 17.4. The maximum atomic E-state index is 11.1. The highest BCUT2D eigenvalue weighted by Gasteiger charge is 2.33. The van der Waals surface area contributed by atoms with Crippen molar-refractivity contribution in [3.63, 3.8) is 0 Å². The number of unbranched alkanes of at least 4 members (excludes halogenated alkanes) is 3. The largest absolute Gasteiger partial charge is 0.469 e. The smallest absolute Gasteiger partial charge is 0.305 e. The average Bonchev–Trinajstić information content (AvgIpc) is 2.35. The van der Waals surface area contributed by atoms with Gasteiger partial charge in [0.25, 0.3) is 10.1 Å². The summed E-state index contributed by atoms with van der Waals surface area (Å²) < 4.78 is 35.8. The Morgan fingerprint density at radius 1 is 1.15 bits per heavy atom. The Kier molecular flexibility index (Phi) is 8.95. The Balaban J connectivity index is 4.08. The second-order valence-corrected chi connectivity index (χ2v) is 6.45. The third-order valence-electron chi connectivity index (χ3n) is 3.10. The van der Waals surface area contributed by atoms with E-state index in [0.29, 0.717) is 25.7 Å². The van der Waals surface area contributed by atoms with Crippen LogP contribution in [-0.4, -0.2) is 53.7 Å². The number of hydrogen-bond donors (Lipinski definition) is 3. The van der Waals surface area contributed by atoms with E-state index >= 15 is 0 Å². The molecule has 0 saturated carbocycles. The van der Waals surface area contributed by atoms with Gasteiger partial charge < -0.3 is 14.9 Å². The van der Waals surface area contributed by atoms with Crippen LogP contribution in [0.5, 0.6) is 0 Å². The van der Waals surface area contributed by atoms with E-state index in [1.54, 1.807) is 0 Å². The molecule has 0 fully saturated rings. The minimum Gasteiger partial charge on any atom is -0.469 e. The number of hydrogen-bond acceptors (Lipinski definition) is 6. The van der Waals surface area contributed by atoms with E-state index in [-0.39, 0.29) is 12.4 Å². The van der Waals surface area contributed by atoms with Gasteiger partial charge in [0.05, 0.1) is 19.3 Å². The first-order valence-corrected chi connectivity index (χ1v) is 8.09. The number of carbonyl (C=O) groups excluding carboxylic acids is 1. The highest BCUT2D eigenvalue weighted by molar-refractivity contribution is 7.86. The fourth-order valence-electron chi connectivity index (χ4n) is 1.88. The number of aliphatic hydroxyl groups is 2. The number of aliphatic hydroxyl groups excluding tert-OH is 2. The van der Waals surface area contributed by atoms with Crippen LogP contribution < -0.4 is 0 Å². The molecule has 0 bridgehead atoms. The predicted molar refractivity (Wildman–Crippen MR) is 72.7 cm³/mol. The standard InChI is InChI=1S/C12H24O7S/c1-9(13)12(15)10(20(16,17)18)7-5-3-4-6-8-11(14)19-2/h9-10,12-13,15H,3-8H2,1-2H3,(H,16,17,18). The van der Waals surface area contributed by atoms with Crippen LogP contribution >= 0.6 is 0 Å². The van der Waals surface area contributed by atoms with Gasteiger partial charge in [-0.25, -0.2) is 0 Å². The van der Waals surface area contributed by atoms with Gasteiger partial charge in [0.1, 0.15) is 5.25 Å². The molecule has 7 nitrogen and oxygen atoms in total. The van der Waals surface area contributed by atoms with Gasteiger partial charge in [-0.3, -0.25) is 9.35 Å². The molecule has 0 spiro atoms. The SMILES string of the molecule is COC(=O)CCCCCCC(C(O)C(C)O)S(=O)(=O)O.